The number of nitrogens with zero attached hydrogens (tertiary/aromatic N) is 1. The summed E-state index contributed by atoms with van der Waals surface area (Å²) < 4.78 is 6.68. The number of hydrogen-bond acceptors (Lipinski definition) is 3. The second-order valence-corrected chi connectivity index (χ2v) is 6.12. The average molecular weight is 331 g/mol. The van der Waals surface area contributed by atoms with E-state index in [1.165, 1.54) is 25.7 Å². The lowest BCUT2D eigenvalue weighted by molar-refractivity contribution is 0.180. The Morgan fingerprint density at radius 1 is 1.50 bits per heavy atom. The summed E-state index contributed by atoms with van der Waals surface area (Å²) >= 11 is 8.77. The summed E-state index contributed by atoms with van der Waals surface area (Å²) in [4.78, 5) is 7.91. The summed E-state index contributed by atoms with van der Waals surface area (Å²) in [6.07, 6.45) is 5.01. The molecule has 0 aromatic carbocycles. The highest BCUT2D eigenvalue weighted by molar-refractivity contribution is 9.10. The molecule has 0 bridgehead atoms. The number of aromatic nitrogens is 2. The van der Waals surface area contributed by atoms with E-state index in [0.29, 0.717) is 17.2 Å². The Bertz CT molecular complexity index is 475. The fourth-order valence-corrected chi connectivity index (χ4v) is 3.18. The van der Waals surface area contributed by atoms with Crippen LogP contribution in [0.5, 0.6) is 0 Å². The molecule has 2 unspecified atom stereocenters. The number of ether oxygens (including phenoxy) is 1. The molecule has 2 atom stereocenters. The van der Waals surface area contributed by atoms with Crippen molar-refractivity contribution in [1.29, 1.82) is 0 Å². The van der Waals surface area contributed by atoms with Crippen LogP contribution in [0, 0.1) is 10.6 Å². The van der Waals surface area contributed by atoms with Crippen molar-refractivity contribution < 1.29 is 4.74 Å². The third-order valence-electron chi connectivity index (χ3n) is 3.75. The molecule has 1 aliphatic carbocycles. The van der Waals surface area contributed by atoms with Gasteiger partial charge in [0.2, 0.25) is 0 Å². The van der Waals surface area contributed by atoms with Crippen LogP contribution in [-0.2, 0) is 11.3 Å². The maximum Gasteiger partial charge on any atom is 0.144 e. The van der Waals surface area contributed by atoms with Crippen molar-refractivity contribution in [2.75, 3.05) is 7.11 Å². The minimum absolute atomic E-state index is 0.528. The lowest BCUT2D eigenvalue weighted by atomic mass is 10.0. The van der Waals surface area contributed by atoms with E-state index in [1.807, 2.05) is 0 Å². The molecule has 1 fully saturated rings. The number of methoxy groups -OCH3 is 1. The number of halogens is 1. The van der Waals surface area contributed by atoms with Gasteiger partial charge < -0.3 is 9.72 Å². The van der Waals surface area contributed by atoms with E-state index in [0.717, 1.165) is 21.9 Å². The van der Waals surface area contributed by atoms with E-state index in [-0.39, 0.29) is 0 Å². The smallest absolute Gasteiger partial charge is 0.144 e. The summed E-state index contributed by atoms with van der Waals surface area (Å²) in [6, 6.07) is 0. The SMILES string of the molecule is CCC1CCC(c2nc(=S)c(Br)c(COC)[nH]2)C1. The molecular formula is C13H19BrN2OS. The monoisotopic (exact) mass is 330 g/mol. The molecule has 0 spiro atoms. The quantitative estimate of drug-likeness (QED) is 0.834. The Hall–Kier alpha value is -0.260. The first kappa shape index (κ1) is 14.2. The van der Waals surface area contributed by atoms with Crippen molar-refractivity contribution in [2.24, 2.45) is 5.92 Å². The Balaban J connectivity index is 2.26. The van der Waals surface area contributed by atoms with Crippen LogP contribution in [-0.4, -0.2) is 17.1 Å². The normalized spacial score (nSPS) is 23.5. The van der Waals surface area contributed by atoms with Gasteiger partial charge in [0.1, 0.15) is 10.5 Å². The third kappa shape index (κ3) is 3.00. The lowest BCUT2D eigenvalue weighted by Gasteiger charge is -2.13. The Morgan fingerprint density at radius 2 is 2.28 bits per heavy atom. The molecule has 2 rings (SSSR count). The first-order valence-electron chi connectivity index (χ1n) is 6.43. The van der Waals surface area contributed by atoms with Crippen molar-refractivity contribution in [2.45, 2.75) is 45.1 Å². The molecule has 1 aromatic rings. The number of rotatable bonds is 4. The van der Waals surface area contributed by atoms with Gasteiger partial charge in [-0.15, -0.1) is 0 Å². The Morgan fingerprint density at radius 3 is 2.89 bits per heavy atom. The zero-order chi connectivity index (χ0) is 13.1. The van der Waals surface area contributed by atoms with Crippen LogP contribution >= 0.6 is 28.1 Å². The maximum atomic E-state index is 5.30. The number of hydrogen-bond donors (Lipinski definition) is 1. The van der Waals surface area contributed by atoms with Gasteiger partial charge in [0.15, 0.2) is 0 Å². The lowest BCUT2D eigenvalue weighted by Crippen LogP contribution is -2.06. The minimum atomic E-state index is 0.528. The predicted octanol–water partition coefficient (Wildman–Crippen LogP) is 4.34. The van der Waals surface area contributed by atoms with Crippen molar-refractivity contribution in [3.63, 3.8) is 0 Å². The van der Waals surface area contributed by atoms with Crippen molar-refractivity contribution in [3.05, 3.63) is 20.6 Å². The third-order valence-corrected chi connectivity index (χ3v) is 5.16. The van der Waals surface area contributed by atoms with Gasteiger partial charge in [0, 0.05) is 13.0 Å². The van der Waals surface area contributed by atoms with E-state index < -0.39 is 0 Å². The van der Waals surface area contributed by atoms with E-state index in [4.69, 9.17) is 17.0 Å². The Labute approximate surface area is 121 Å². The van der Waals surface area contributed by atoms with Gasteiger partial charge >= 0.3 is 0 Å². The first-order valence-corrected chi connectivity index (χ1v) is 7.63. The van der Waals surface area contributed by atoms with Crippen LogP contribution in [0.25, 0.3) is 0 Å². The molecule has 1 aromatic heterocycles. The van der Waals surface area contributed by atoms with E-state index in [2.05, 4.69) is 32.8 Å². The van der Waals surface area contributed by atoms with Crippen LogP contribution in [0.3, 0.4) is 0 Å². The fourth-order valence-electron chi connectivity index (χ4n) is 2.66. The summed E-state index contributed by atoms with van der Waals surface area (Å²) in [6.45, 7) is 2.80. The molecule has 1 aliphatic rings. The van der Waals surface area contributed by atoms with E-state index in [1.54, 1.807) is 7.11 Å². The van der Waals surface area contributed by atoms with Crippen LogP contribution in [0.1, 0.15) is 50.0 Å². The summed E-state index contributed by atoms with van der Waals surface area (Å²) in [5, 5.41) is 0. The van der Waals surface area contributed by atoms with Gasteiger partial charge in [-0.25, -0.2) is 4.98 Å². The highest BCUT2D eigenvalue weighted by Crippen LogP contribution is 2.38. The van der Waals surface area contributed by atoms with Gasteiger partial charge in [-0.3, -0.25) is 0 Å². The van der Waals surface area contributed by atoms with Gasteiger partial charge in [-0.2, -0.15) is 0 Å². The molecule has 0 aliphatic heterocycles. The van der Waals surface area contributed by atoms with E-state index >= 15 is 0 Å². The first-order chi connectivity index (χ1) is 8.65. The highest BCUT2D eigenvalue weighted by atomic mass is 79.9. The van der Waals surface area contributed by atoms with Crippen LogP contribution in [0.4, 0.5) is 0 Å². The number of aromatic amines is 1. The fraction of sp³-hybridized carbons (Fsp3) is 0.692. The maximum absolute atomic E-state index is 5.30. The molecular weight excluding hydrogens is 312 g/mol. The topological polar surface area (TPSA) is 37.9 Å². The molecule has 0 radical (unpaired) electrons. The van der Waals surface area contributed by atoms with Gasteiger partial charge in [0.25, 0.3) is 0 Å². The molecule has 1 heterocycles. The number of nitrogens with one attached hydrogen (secondary N) is 1. The van der Waals surface area contributed by atoms with Gasteiger partial charge in [-0.1, -0.05) is 25.6 Å². The molecule has 1 saturated carbocycles. The molecule has 0 amide bonds. The van der Waals surface area contributed by atoms with Crippen LogP contribution < -0.4 is 0 Å². The van der Waals surface area contributed by atoms with Crippen molar-refractivity contribution in [3.8, 4) is 0 Å². The predicted molar refractivity (Wildman–Crippen MR) is 78.2 cm³/mol. The highest BCUT2D eigenvalue weighted by Gasteiger charge is 2.26. The molecule has 1 N–H and O–H groups in total. The minimum Gasteiger partial charge on any atom is -0.378 e. The summed E-state index contributed by atoms with van der Waals surface area (Å²) in [5.74, 6) is 2.40. The second kappa shape index (κ2) is 6.26. The van der Waals surface area contributed by atoms with Gasteiger partial charge in [-0.05, 0) is 41.1 Å². The van der Waals surface area contributed by atoms with Gasteiger partial charge in [0.05, 0.1) is 16.8 Å². The average Bonchev–Trinajstić information content (AvgIpc) is 2.83. The summed E-state index contributed by atoms with van der Waals surface area (Å²) in [7, 11) is 1.69. The second-order valence-electron chi connectivity index (χ2n) is 4.94. The zero-order valence-electron chi connectivity index (χ0n) is 10.8. The van der Waals surface area contributed by atoms with Crippen molar-refractivity contribution in [1.82, 2.24) is 9.97 Å². The Kier molecular flexibility index (Phi) is 4.92. The van der Waals surface area contributed by atoms with Crippen LogP contribution in [0.15, 0.2) is 4.47 Å². The standard InChI is InChI=1S/C13H19BrN2OS/c1-3-8-4-5-9(6-8)12-15-10(7-17-2)11(14)13(18)16-12/h8-9H,3-7H2,1-2H3,(H,15,16,18). The number of H-pyrrole nitrogens is 1. The van der Waals surface area contributed by atoms with Crippen molar-refractivity contribution >= 4 is 28.1 Å². The zero-order valence-corrected chi connectivity index (χ0v) is 13.2. The molecule has 18 heavy (non-hydrogen) atoms. The van der Waals surface area contributed by atoms with E-state index in [9.17, 15) is 0 Å². The molecule has 5 heteroatoms. The van der Waals surface area contributed by atoms with Crippen LogP contribution in [0.2, 0.25) is 0 Å². The molecule has 0 saturated heterocycles. The molecule has 3 nitrogen and oxygen atoms in total. The summed E-state index contributed by atoms with van der Waals surface area (Å²) in [5.41, 5.74) is 0.993. The largest absolute Gasteiger partial charge is 0.378 e. The molecule has 100 valence electrons.